The number of para-hydroxylation sites is 1. The zero-order chi connectivity index (χ0) is 24.6. The molecule has 1 N–H and O–H groups in total. The van der Waals surface area contributed by atoms with Gasteiger partial charge >= 0.3 is 0 Å². The molecule has 2 aliphatic rings. The Morgan fingerprint density at radius 1 is 1.00 bits per heavy atom. The minimum atomic E-state index is -0.625. The van der Waals surface area contributed by atoms with E-state index in [1.807, 2.05) is 31.2 Å². The number of benzene rings is 3. The van der Waals surface area contributed by atoms with Crippen molar-refractivity contribution >= 4 is 17.7 Å². The quantitative estimate of drug-likeness (QED) is 0.490. The molecule has 1 atom stereocenters. The Labute approximate surface area is 207 Å². The molecule has 0 aromatic heterocycles. The highest BCUT2D eigenvalue weighted by atomic mass is 16.5. The Bertz CT molecular complexity index is 1280. The van der Waals surface area contributed by atoms with Crippen molar-refractivity contribution in [3.63, 3.8) is 0 Å². The van der Waals surface area contributed by atoms with E-state index in [0.29, 0.717) is 31.3 Å². The Morgan fingerprint density at radius 3 is 2.54 bits per heavy atom. The van der Waals surface area contributed by atoms with Crippen molar-refractivity contribution in [3.8, 4) is 11.5 Å². The number of ether oxygens (including phenoxy) is 2. The molecule has 2 aliphatic heterocycles. The lowest BCUT2D eigenvalue weighted by molar-refractivity contribution is -0.118. The maximum Gasteiger partial charge on any atom is 0.241 e. The molecule has 3 aromatic rings. The fourth-order valence-electron chi connectivity index (χ4n) is 5.22. The first-order valence-electron chi connectivity index (χ1n) is 12.2. The van der Waals surface area contributed by atoms with E-state index < -0.39 is 5.66 Å². The number of carbonyl (C=O) groups excluding carboxylic acids is 1. The summed E-state index contributed by atoms with van der Waals surface area (Å²) >= 11 is 0. The number of aryl methyl sites for hydroxylation is 1. The number of fused-ring (bicyclic) bond motifs is 3. The standard InChI is InChI=1S/C30H32N2O3/c1-5-34-27-18-22(14-15-26(27)35-20-23-12-10-21(2)11-13-23)16-17-30-29(3,4)24-8-6-7-9-25(24)32(30)19-28(33)31-30/h6-18H,5,19-20H2,1-4H3,(H,31,33)/b17-16+. The van der Waals surface area contributed by atoms with Crippen LogP contribution in [-0.4, -0.2) is 24.7 Å². The highest BCUT2D eigenvalue weighted by Crippen LogP contribution is 2.52. The molecule has 0 bridgehead atoms. The Hall–Kier alpha value is -3.73. The van der Waals surface area contributed by atoms with Crippen LogP contribution in [0, 0.1) is 6.92 Å². The summed E-state index contributed by atoms with van der Waals surface area (Å²) in [4.78, 5) is 14.7. The molecule has 1 amide bonds. The molecule has 0 saturated carbocycles. The number of hydrogen-bond donors (Lipinski definition) is 1. The highest BCUT2D eigenvalue weighted by Gasteiger charge is 2.59. The van der Waals surface area contributed by atoms with Crippen LogP contribution in [0.25, 0.3) is 6.08 Å². The number of nitrogens with one attached hydrogen (secondary N) is 1. The van der Waals surface area contributed by atoms with Crippen molar-refractivity contribution in [2.75, 3.05) is 18.1 Å². The van der Waals surface area contributed by atoms with Crippen LogP contribution in [0.15, 0.2) is 72.8 Å². The maximum absolute atomic E-state index is 12.5. The molecule has 0 spiro atoms. The molecule has 180 valence electrons. The minimum Gasteiger partial charge on any atom is -0.490 e. The third-order valence-corrected chi connectivity index (χ3v) is 7.18. The average molecular weight is 469 g/mol. The van der Waals surface area contributed by atoms with Crippen LogP contribution in [0.3, 0.4) is 0 Å². The third-order valence-electron chi connectivity index (χ3n) is 7.18. The van der Waals surface area contributed by atoms with E-state index in [1.54, 1.807) is 0 Å². The van der Waals surface area contributed by atoms with Gasteiger partial charge in [0, 0.05) is 11.1 Å². The summed E-state index contributed by atoms with van der Waals surface area (Å²) in [6.07, 6.45) is 4.19. The van der Waals surface area contributed by atoms with Crippen LogP contribution in [-0.2, 0) is 16.8 Å². The average Bonchev–Trinajstić information content (AvgIpc) is 3.28. The summed E-state index contributed by atoms with van der Waals surface area (Å²) in [5, 5.41) is 3.27. The van der Waals surface area contributed by atoms with Gasteiger partial charge in [-0.05, 0) is 54.8 Å². The second-order valence-electron chi connectivity index (χ2n) is 9.79. The Morgan fingerprint density at radius 2 is 1.77 bits per heavy atom. The van der Waals surface area contributed by atoms with Gasteiger partial charge in [0.15, 0.2) is 11.5 Å². The molecule has 35 heavy (non-hydrogen) atoms. The fourth-order valence-corrected chi connectivity index (χ4v) is 5.22. The topological polar surface area (TPSA) is 50.8 Å². The molecule has 3 aromatic carbocycles. The van der Waals surface area contributed by atoms with E-state index in [9.17, 15) is 4.79 Å². The van der Waals surface area contributed by atoms with Gasteiger partial charge in [-0.1, -0.05) is 74.0 Å². The van der Waals surface area contributed by atoms with Gasteiger partial charge in [-0.25, -0.2) is 0 Å². The van der Waals surface area contributed by atoms with E-state index >= 15 is 0 Å². The van der Waals surface area contributed by atoms with Gasteiger partial charge in [0.1, 0.15) is 12.3 Å². The molecule has 5 heteroatoms. The van der Waals surface area contributed by atoms with Crippen LogP contribution in [0.5, 0.6) is 11.5 Å². The smallest absolute Gasteiger partial charge is 0.241 e. The van der Waals surface area contributed by atoms with E-state index in [4.69, 9.17) is 9.47 Å². The third kappa shape index (κ3) is 3.95. The molecule has 1 fully saturated rings. The van der Waals surface area contributed by atoms with Crippen LogP contribution in [0.1, 0.15) is 43.0 Å². The molecule has 0 radical (unpaired) electrons. The number of amides is 1. The zero-order valence-corrected chi connectivity index (χ0v) is 20.8. The second kappa shape index (κ2) is 8.81. The molecule has 2 heterocycles. The van der Waals surface area contributed by atoms with Crippen LogP contribution >= 0.6 is 0 Å². The van der Waals surface area contributed by atoms with Gasteiger partial charge in [-0.3, -0.25) is 4.79 Å². The first-order valence-corrected chi connectivity index (χ1v) is 12.2. The normalized spacial score (nSPS) is 20.0. The lowest BCUT2D eigenvalue weighted by Crippen LogP contribution is -2.58. The molecular formula is C30H32N2O3. The molecule has 1 saturated heterocycles. The van der Waals surface area contributed by atoms with Crippen molar-refractivity contribution in [2.24, 2.45) is 0 Å². The summed E-state index contributed by atoms with van der Waals surface area (Å²) in [6.45, 7) is 9.79. The molecule has 0 aliphatic carbocycles. The number of hydrogen-bond acceptors (Lipinski definition) is 4. The Balaban J connectivity index is 1.43. The SMILES string of the molecule is CCOc1cc(/C=C/C23NC(=O)CN2c2ccccc2C3(C)C)ccc1OCc1ccc(C)cc1. The van der Waals surface area contributed by atoms with Gasteiger partial charge in [0.2, 0.25) is 5.91 Å². The van der Waals surface area contributed by atoms with E-state index in [1.165, 1.54) is 11.1 Å². The summed E-state index contributed by atoms with van der Waals surface area (Å²) in [6, 6.07) is 22.6. The van der Waals surface area contributed by atoms with Crippen molar-refractivity contribution in [1.29, 1.82) is 0 Å². The van der Waals surface area contributed by atoms with Crippen LogP contribution < -0.4 is 19.7 Å². The molecule has 1 unspecified atom stereocenters. The minimum absolute atomic E-state index is 0.0343. The van der Waals surface area contributed by atoms with E-state index in [0.717, 1.165) is 16.8 Å². The van der Waals surface area contributed by atoms with Gasteiger partial charge in [0.05, 0.1) is 13.2 Å². The summed E-state index contributed by atoms with van der Waals surface area (Å²) in [5.41, 5.74) is 4.74. The van der Waals surface area contributed by atoms with Crippen molar-refractivity contribution in [2.45, 2.75) is 45.4 Å². The van der Waals surface area contributed by atoms with Gasteiger partial charge in [-0.2, -0.15) is 0 Å². The van der Waals surface area contributed by atoms with Gasteiger partial charge < -0.3 is 19.7 Å². The molecular weight excluding hydrogens is 436 g/mol. The molecule has 5 nitrogen and oxygen atoms in total. The lowest BCUT2D eigenvalue weighted by Gasteiger charge is -2.40. The van der Waals surface area contributed by atoms with Crippen molar-refractivity contribution < 1.29 is 14.3 Å². The van der Waals surface area contributed by atoms with Crippen LogP contribution in [0.2, 0.25) is 0 Å². The lowest BCUT2D eigenvalue weighted by atomic mass is 9.75. The highest BCUT2D eigenvalue weighted by molar-refractivity contribution is 5.91. The zero-order valence-electron chi connectivity index (χ0n) is 20.8. The summed E-state index contributed by atoms with van der Waals surface area (Å²) in [5.74, 6) is 1.46. The first-order chi connectivity index (χ1) is 16.8. The predicted molar refractivity (Wildman–Crippen MR) is 140 cm³/mol. The molecule has 5 rings (SSSR count). The van der Waals surface area contributed by atoms with E-state index in [2.05, 4.69) is 85.6 Å². The van der Waals surface area contributed by atoms with Crippen molar-refractivity contribution in [1.82, 2.24) is 5.32 Å². The van der Waals surface area contributed by atoms with Gasteiger partial charge in [-0.15, -0.1) is 0 Å². The Kier molecular flexibility index (Phi) is 5.79. The first kappa shape index (κ1) is 23.0. The van der Waals surface area contributed by atoms with E-state index in [-0.39, 0.29) is 11.3 Å². The monoisotopic (exact) mass is 468 g/mol. The second-order valence-corrected chi connectivity index (χ2v) is 9.79. The fraction of sp³-hybridized carbons (Fsp3) is 0.300. The summed E-state index contributed by atoms with van der Waals surface area (Å²) in [7, 11) is 0. The number of rotatable bonds is 7. The van der Waals surface area contributed by atoms with Gasteiger partial charge in [0.25, 0.3) is 0 Å². The number of carbonyl (C=O) groups is 1. The summed E-state index contributed by atoms with van der Waals surface area (Å²) < 4.78 is 12.0. The van der Waals surface area contributed by atoms with Crippen molar-refractivity contribution in [3.05, 3.63) is 95.1 Å². The predicted octanol–water partition coefficient (Wildman–Crippen LogP) is 5.61. The number of anilines is 1. The van der Waals surface area contributed by atoms with Crippen LogP contribution in [0.4, 0.5) is 5.69 Å². The largest absolute Gasteiger partial charge is 0.490 e. The maximum atomic E-state index is 12.5. The number of nitrogens with zero attached hydrogens (tertiary/aromatic N) is 1.